The molecule has 0 amide bonds. The van der Waals surface area contributed by atoms with Gasteiger partial charge in [0.05, 0.1) is 5.52 Å². The van der Waals surface area contributed by atoms with Crippen molar-refractivity contribution in [1.29, 1.82) is 0 Å². The molecule has 21 heavy (non-hydrogen) atoms. The van der Waals surface area contributed by atoms with E-state index in [0.717, 1.165) is 6.54 Å². The van der Waals surface area contributed by atoms with Gasteiger partial charge >= 0.3 is 0 Å². The Bertz CT molecular complexity index is 619. The molecule has 0 N–H and O–H groups in total. The van der Waals surface area contributed by atoms with Crippen LogP contribution in [-0.2, 0) is 6.54 Å². The first-order chi connectivity index (χ1) is 10.1. The lowest BCUT2D eigenvalue weighted by molar-refractivity contribution is 0.145. The van der Waals surface area contributed by atoms with Crippen molar-refractivity contribution in [3.8, 4) is 0 Å². The van der Waals surface area contributed by atoms with Gasteiger partial charge in [0, 0.05) is 49.8 Å². The fourth-order valence-electron chi connectivity index (χ4n) is 3.47. The van der Waals surface area contributed by atoms with Gasteiger partial charge in [-0.25, -0.2) is 0 Å². The van der Waals surface area contributed by atoms with Crippen LogP contribution in [0.5, 0.6) is 0 Å². The monoisotopic (exact) mass is 285 g/mol. The Labute approximate surface area is 128 Å². The zero-order valence-electron chi connectivity index (χ0n) is 13.8. The molecule has 0 aliphatic carbocycles. The maximum Gasteiger partial charge on any atom is 0.0515 e. The smallest absolute Gasteiger partial charge is 0.0515 e. The molecule has 3 nitrogen and oxygen atoms in total. The maximum absolute atomic E-state index is 2.59. The van der Waals surface area contributed by atoms with E-state index in [9.17, 15) is 0 Å². The number of para-hydroxylation sites is 1. The number of piperazine rings is 1. The van der Waals surface area contributed by atoms with E-state index >= 15 is 0 Å². The molecule has 1 fully saturated rings. The summed E-state index contributed by atoms with van der Waals surface area (Å²) in [6.07, 6.45) is 0. The minimum atomic E-state index is 0.506. The molecule has 0 radical (unpaired) electrons. The average molecular weight is 285 g/mol. The first-order valence-corrected chi connectivity index (χ1v) is 8.06. The van der Waals surface area contributed by atoms with Gasteiger partial charge in [-0.05, 0) is 39.4 Å². The summed E-state index contributed by atoms with van der Waals surface area (Å²) in [5, 5.41) is 1.38. The fourth-order valence-corrected chi connectivity index (χ4v) is 3.47. The number of aromatic nitrogens is 1. The highest BCUT2D eigenvalue weighted by molar-refractivity contribution is 5.84. The molecule has 1 aromatic heterocycles. The Balaban J connectivity index is 1.94. The van der Waals surface area contributed by atoms with Crippen molar-refractivity contribution in [2.24, 2.45) is 0 Å². The van der Waals surface area contributed by atoms with Crippen LogP contribution in [0.3, 0.4) is 0 Å². The summed E-state index contributed by atoms with van der Waals surface area (Å²) >= 11 is 0. The number of hydrogen-bond acceptors (Lipinski definition) is 2. The summed E-state index contributed by atoms with van der Waals surface area (Å²) in [5.74, 6) is 0. The van der Waals surface area contributed by atoms with Crippen LogP contribution in [0.25, 0.3) is 10.9 Å². The van der Waals surface area contributed by atoms with Crippen LogP contribution in [0, 0.1) is 6.92 Å². The predicted octanol–water partition coefficient (Wildman–Crippen LogP) is 3.28. The van der Waals surface area contributed by atoms with Crippen LogP contribution in [0.2, 0.25) is 0 Å². The van der Waals surface area contributed by atoms with Gasteiger partial charge in [0.15, 0.2) is 0 Å². The zero-order chi connectivity index (χ0) is 15.0. The largest absolute Gasteiger partial charge is 0.341 e. The van der Waals surface area contributed by atoms with Crippen LogP contribution >= 0.6 is 0 Å². The molecule has 0 unspecified atom stereocenters. The molecule has 2 aromatic rings. The van der Waals surface area contributed by atoms with E-state index in [2.05, 4.69) is 66.5 Å². The van der Waals surface area contributed by atoms with Gasteiger partial charge in [-0.15, -0.1) is 0 Å². The minimum absolute atomic E-state index is 0.506. The average Bonchev–Trinajstić information content (AvgIpc) is 2.81. The summed E-state index contributed by atoms with van der Waals surface area (Å²) in [6.45, 7) is 12.6. The summed E-state index contributed by atoms with van der Waals surface area (Å²) in [7, 11) is 2.21. The molecule has 1 aromatic carbocycles. The Kier molecular flexibility index (Phi) is 4.05. The van der Waals surface area contributed by atoms with Crippen LogP contribution < -0.4 is 0 Å². The summed E-state index contributed by atoms with van der Waals surface area (Å²) in [5.41, 5.74) is 4.25. The van der Waals surface area contributed by atoms with E-state index in [1.165, 1.54) is 48.3 Å². The number of aryl methyl sites for hydroxylation is 1. The third kappa shape index (κ3) is 2.85. The first-order valence-electron chi connectivity index (χ1n) is 8.06. The van der Waals surface area contributed by atoms with Crippen LogP contribution in [0.1, 0.15) is 31.1 Å². The fraction of sp³-hybridized carbons (Fsp3) is 0.556. The standard InChI is InChI=1S/C18H27N3/c1-14(2)21-17(13-20-10-8-19(4)9-11-20)12-16-7-5-6-15(3)18(16)21/h5-7,12,14H,8-11,13H2,1-4H3. The van der Waals surface area contributed by atoms with E-state index in [1.54, 1.807) is 0 Å². The van der Waals surface area contributed by atoms with E-state index in [-0.39, 0.29) is 0 Å². The van der Waals surface area contributed by atoms with Gasteiger partial charge in [-0.1, -0.05) is 18.2 Å². The summed E-state index contributed by atoms with van der Waals surface area (Å²) < 4.78 is 2.53. The van der Waals surface area contributed by atoms with Gasteiger partial charge in [-0.3, -0.25) is 4.90 Å². The number of fused-ring (bicyclic) bond motifs is 1. The van der Waals surface area contributed by atoms with Crippen molar-refractivity contribution in [1.82, 2.24) is 14.4 Å². The Morgan fingerprint density at radius 3 is 2.48 bits per heavy atom. The van der Waals surface area contributed by atoms with Crippen LogP contribution in [0.15, 0.2) is 24.3 Å². The van der Waals surface area contributed by atoms with E-state index < -0.39 is 0 Å². The quantitative estimate of drug-likeness (QED) is 0.857. The van der Waals surface area contributed by atoms with Gasteiger partial charge in [0.25, 0.3) is 0 Å². The van der Waals surface area contributed by atoms with Crippen molar-refractivity contribution in [3.63, 3.8) is 0 Å². The zero-order valence-corrected chi connectivity index (χ0v) is 13.8. The van der Waals surface area contributed by atoms with Gasteiger partial charge in [-0.2, -0.15) is 0 Å². The normalized spacial score (nSPS) is 18.0. The van der Waals surface area contributed by atoms with Crippen molar-refractivity contribution >= 4 is 10.9 Å². The Morgan fingerprint density at radius 1 is 1.10 bits per heavy atom. The van der Waals surface area contributed by atoms with E-state index in [4.69, 9.17) is 0 Å². The second-order valence-electron chi connectivity index (χ2n) is 6.69. The molecule has 1 saturated heterocycles. The molecule has 3 heteroatoms. The molecule has 0 atom stereocenters. The molecule has 0 spiro atoms. The molecule has 1 aliphatic heterocycles. The third-order valence-electron chi connectivity index (χ3n) is 4.64. The number of nitrogens with zero attached hydrogens (tertiary/aromatic N) is 3. The number of rotatable bonds is 3. The van der Waals surface area contributed by atoms with Gasteiger partial charge < -0.3 is 9.47 Å². The molecule has 2 heterocycles. The van der Waals surface area contributed by atoms with Gasteiger partial charge in [0.2, 0.25) is 0 Å². The summed E-state index contributed by atoms with van der Waals surface area (Å²) in [6, 6.07) is 9.53. The number of hydrogen-bond donors (Lipinski definition) is 0. The maximum atomic E-state index is 2.59. The third-order valence-corrected chi connectivity index (χ3v) is 4.64. The Hall–Kier alpha value is -1.32. The van der Waals surface area contributed by atoms with E-state index in [0.29, 0.717) is 6.04 Å². The molecule has 3 rings (SSSR count). The van der Waals surface area contributed by atoms with Gasteiger partial charge in [0.1, 0.15) is 0 Å². The second-order valence-corrected chi connectivity index (χ2v) is 6.69. The Morgan fingerprint density at radius 2 is 1.81 bits per heavy atom. The second kappa shape index (κ2) is 5.82. The molecular weight excluding hydrogens is 258 g/mol. The van der Waals surface area contributed by atoms with Crippen molar-refractivity contribution < 1.29 is 0 Å². The highest BCUT2D eigenvalue weighted by atomic mass is 15.3. The number of benzene rings is 1. The van der Waals surface area contributed by atoms with Crippen molar-refractivity contribution in [2.75, 3.05) is 33.2 Å². The highest BCUT2D eigenvalue weighted by Gasteiger charge is 2.18. The number of likely N-dealkylation sites (N-methyl/N-ethyl adjacent to an activating group) is 1. The van der Waals surface area contributed by atoms with E-state index in [1.807, 2.05) is 0 Å². The van der Waals surface area contributed by atoms with Crippen molar-refractivity contribution in [2.45, 2.75) is 33.4 Å². The minimum Gasteiger partial charge on any atom is -0.341 e. The molecule has 114 valence electrons. The molecular formula is C18H27N3. The lowest BCUT2D eigenvalue weighted by Crippen LogP contribution is -2.44. The SMILES string of the molecule is Cc1cccc2cc(CN3CCN(C)CC3)n(C(C)C)c12. The molecule has 1 aliphatic rings. The predicted molar refractivity (Wildman–Crippen MR) is 89.8 cm³/mol. The molecule has 0 bridgehead atoms. The molecule has 0 saturated carbocycles. The lowest BCUT2D eigenvalue weighted by Gasteiger charge is -2.32. The highest BCUT2D eigenvalue weighted by Crippen LogP contribution is 2.27. The lowest BCUT2D eigenvalue weighted by atomic mass is 10.1. The van der Waals surface area contributed by atoms with Crippen molar-refractivity contribution in [3.05, 3.63) is 35.5 Å². The first kappa shape index (κ1) is 14.6. The summed E-state index contributed by atoms with van der Waals surface area (Å²) in [4.78, 5) is 5.00. The van der Waals surface area contributed by atoms with Crippen LogP contribution in [-0.4, -0.2) is 47.6 Å². The van der Waals surface area contributed by atoms with Crippen LogP contribution in [0.4, 0.5) is 0 Å². The topological polar surface area (TPSA) is 11.4 Å².